The van der Waals surface area contributed by atoms with E-state index in [1.54, 1.807) is 0 Å². The van der Waals surface area contributed by atoms with Crippen LogP contribution in [0.3, 0.4) is 0 Å². The van der Waals surface area contributed by atoms with E-state index in [1.807, 2.05) is 0 Å². The molecule has 26 heavy (non-hydrogen) atoms. The van der Waals surface area contributed by atoms with E-state index >= 15 is 0 Å². The van der Waals surface area contributed by atoms with Gasteiger partial charge in [-0.05, 0) is 12.1 Å². The number of halogens is 9. The van der Waals surface area contributed by atoms with E-state index in [0.717, 1.165) is 12.1 Å². The zero-order valence-electron chi connectivity index (χ0n) is 12.2. The van der Waals surface area contributed by atoms with Gasteiger partial charge in [-0.3, -0.25) is 4.57 Å². The third-order valence-electron chi connectivity index (χ3n) is 2.57. The normalized spacial score (nSPS) is 16.7. The van der Waals surface area contributed by atoms with E-state index in [-0.39, 0.29) is 5.30 Å². The van der Waals surface area contributed by atoms with Crippen molar-refractivity contribution in [3.63, 3.8) is 0 Å². The van der Waals surface area contributed by atoms with Crippen LogP contribution in [0.5, 0.6) is 0 Å². The molecule has 0 aromatic heterocycles. The van der Waals surface area contributed by atoms with E-state index in [9.17, 15) is 22.5 Å². The van der Waals surface area contributed by atoms with Crippen molar-refractivity contribution in [2.24, 2.45) is 0 Å². The number of hydrogen-bond acceptors (Lipinski definition) is 4. The SMILES string of the molecule is O=C(OC(C(Cl)(Cl)Cl)P(=O)(OCC(F)(F)F)c1ccccc1)C(Cl)(Cl)Cl. The van der Waals surface area contributed by atoms with Crippen LogP contribution < -0.4 is 5.30 Å². The first-order chi connectivity index (χ1) is 11.6. The van der Waals surface area contributed by atoms with Crippen LogP contribution in [0.4, 0.5) is 13.2 Å². The van der Waals surface area contributed by atoms with Gasteiger partial charge in [-0.2, -0.15) is 13.2 Å². The fourth-order valence-corrected chi connectivity index (χ4v) is 5.10. The summed E-state index contributed by atoms with van der Waals surface area (Å²) in [7, 11) is -4.76. The molecule has 0 aliphatic heterocycles. The maximum Gasteiger partial charge on any atom is 0.412 e. The molecule has 148 valence electrons. The molecule has 1 aromatic carbocycles. The van der Waals surface area contributed by atoms with Gasteiger partial charge in [0.2, 0.25) is 9.64 Å². The summed E-state index contributed by atoms with van der Waals surface area (Å²) in [6.45, 7) is -1.97. The second kappa shape index (κ2) is 8.83. The summed E-state index contributed by atoms with van der Waals surface area (Å²) in [5, 5.41) is -0.308. The molecule has 1 rings (SSSR count). The van der Waals surface area contributed by atoms with Gasteiger partial charge in [0, 0.05) is 5.30 Å². The van der Waals surface area contributed by atoms with Crippen molar-refractivity contribution in [3.05, 3.63) is 30.3 Å². The number of carbonyl (C=O) groups excluding carboxylic acids is 1. The monoisotopic (exact) mass is 514 g/mol. The number of esters is 1. The predicted molar refractivity (Wildman–Crippen MR) is 96.1 cm³/mol. The Kier molecular flexibility index (Phi) is 8.30. The lowest BCUT2D eigenvalue weighted by Gasteiger charge is -2.32. The van der Waals surface area contributed by atoms with Crippen LogP contribution in [-0.2, 0) is 18.6 Å². The van der Waals surface area contributed by atoms with E-state index in [4.69, 9.17) is 69.6 Å². The first-order valence-corrected chi connectivity index (χ1v) is 10.2. The van der Waals surface area contributed by atoms with Crippen LogP contribution in [-0.4, -0.2) is 32.2 Å². The van der Waals surface area contributed by atoms with Crippen molar-refractivity contribution in [2.45, 2.75) is 19.6 Å². The van der Waals surface area contributed by atoms with E-state index < -0.39 is 39.6 Å². The second-order valence-electron chi connectivity index (χ2n) is 4.62. The van der Waals surface area contributed by atoms with Crippen molar-refractivity contribution in [1.82, 2.24) is 0 Å². The van der Waals surface area contributed by atoms with Crippen LogP contribution in [0, 0.1) is 0 Å². The summed E-state index contributed by atoms with van der Waals surface area (Å²) in [5.74, 6) is -3.95. The molecule has 0 aliphatic carbocycles. The molecule has 0 amide bonds. The van der Waals surface area contributed by atoms with E-state index in [2.05, 4.69) is 9.26 Å². The maximum atomic E-state index is 13.3. The number of rotatable bonds is 5. The third kappa shape index (κ3) is 7.10. The summed E-state index contributed by atoms with van der Waals surface area (Å²) in [6.07, 6.45) is -4.87. The van der Waals surface area contributed by atoms with Crippen LogP contribution in [0.1, 0.15) is 0 Å². The Morgan fingerprint density at radius 1 is 1.04 bits per heavy atom. The van der Waals surface area contributed by atoms with Gasteiger partial charge >= 0.3 is 12.1 Å². The minimum Gasteiger partial charge on any atom is -0.444 e. The number of carbonyl (C=O) groups is 1. The molecule has 0 heterocycles. The van der Waals surface area contributed by atoms with Gasteiger partial charge in [-0.25, -0.2) is 4.79 Å². The maximum absolute atomic E-state index is 13.3. The van der Waals surface area contributed by atoms with Gasteiger partial charge in [0.05, 0.1) is 0 Å². The highest BCUT2D eigenvalue weighted by Crippen LogP contribution is 2.59. The summed E-state index contributed by atoms with van der Waals surface area (Å²) in [6, 6.07) is 6.44. The zero-order valence-corrected chi connectivity index (χ0v) is 17.6. The smallest absolute Gasteiger partial charge is 0.412 e. The van der Waals surface area contributed by atoms with Gasteiger partial charge in [-0.1, -0.05) is 87.8 Å². The molecule has 0 fully saturated rings. The summed E-state index contributed by atoms with van der Waals surface area (Å²) < 4.78 is 55.0. The topological polar surface area (TPSA) is 52.6 Å². The van der Waals surface area contributed by atoms with E-state index in [0.29, 0.717) is 0 Å². The fraction of sp³-hybridized carbons (Fsp3) is 0.417. The molecule has 2 unspecified atom stereocenters. The Morgan fingerprint density at radius 3 is 1.92 bits per heavy atom. The lowest BCUT2D eigenvalue weighted by atomic mass is 10.4. The molecule has 0 saturated heterocycles. The van der Waals surface area contributed by atoms with Crippen molar-refractivity contribution < 1.29 is 31.8 Å². The highest BCUT2D eigenvalue weighted by atomic mass is 35.6. The van der Waals surface area contributed by atoms with Crippen LogP contribution in [0.25, 0.3) is 0 Å². The van der Waals surface area contributed by atoms with Gasteiger partial charge in [0.25, 0.3) is 11.2 Å². The first kappa shape index (κ1) is 24.4. The van der Waals surface area contributed by atoms with E-state index in [1.165, 1.54) is 18.2 Å². The molecular formula is C12H8Cl6F3O4P. The van der Waals surface area contributed by atoms with Crippen molar-refractivity contribution in [2.75, 3.05) is 6.61 Å². The van der Waals surface area contributed by atoms with Crippen LogP contribution >= 0.6 is 77.0 Å². The van der Waals surface area contributed by atoms with Crippen molar-refractivity contribution >= 4 is 88.2 Å². The van der Waals surface area contributed by atoms with Crippen molar-refractivity contribution in [3.8, 4) is 0 Å². The molecule has 4 nitrogen and oxygen atoms in total. The molecule has 2 atom stereocenters. The third-order valence-corrected chi connectivity index (χ3v) is 6.73. The number of benzene rings is 1. The largest absolute Gasteiger partial charge is 0.444 e. The van der Waals surface area contributed by atoms with Gasteiger partial charge < -0.3 is 9.26 Å². The molecule has 0 aliphatic rings. The van der Waals surface area contributed by atoms with Gasteiger partial charge in [-0.15, -0.1) is 0 Å². The Bertz CT molecular complexity index is 674. The molecule has 0 radical (unpaired) electrons. The molecule has 0 saturated carbocycles. The number of hydrogen-bond donors (Lipinski definition) is 0. The Balaban J connectivity index is 3.43. The summed E-state index contributed by atoms with van der Waals surface area (Å²) >= 11 is 33.0. The predicted octanol–water partition coefficient (Wildman–Crippen LogP) is 5.78. The standard InChI is InChI=1S/C12H8Cl6F3O4P/c13-11(14,15)8(22)25-9(12(16,17)18)26(23,24-6-10(19,20)21)7-4-2-1-3-5-7/h1-5,9H,6H2. The van der Waals surface area contributed by atoms with Crippen LogP contribution in [0.2, 0.25) is 0 Å². The van der Waals surface area contributed by atoms with Crippen LogP contribution in [0.15, 0.2) is 30.3 Å². The highest BCUT2D eigenvalue weighted by Gasteiger charge is 2.54. The molecule has 0 N–H and O–H groups in total. The average molecular weight is 517 g/mol. The minimum absolute atomic E-state index is 0.308. The highest BCUT2D eigenvalue weighted by molar-refractivity contribution is 7.68. The molecule has 1 aromatic rings. The minimum atomic E-state index is -4.87. The Hall–Kier alpha value is 0.410. The van der Waals surface area contributed by atoms with Gasteiger partial charge in [0.1, 0.15) is 0 Å². The lowest BCUT2D eigenvalue weighted by Crippen LogP contribution is -2.39. The average Bonchev–Trinajstić information content (AvgIpc) is 2.48. The van der Waals surface area contributed by atoms with Gasteiger partial charge in [0.15, 0.2) is 6.61 Å². The Labute approximate surface area is 176 Å². The summed E-state index contributed by atoms with van der Waals surface area (Å²) in [5.41, 5.74) is 0. The quantitative estimate of drug-likeness (QED) is 0.283. The second-order valence-corrected chi connectivity index (χ2v) is 11.7. The zero-order chi connectivity index (χ0) is 20.4. The number of alkyl halides is 9. The number of ether oxygens (including phenoxy) is 1. The first-order valence-electron chi connectivity index (χ1n) is 6.28. The molecule has 0 spiro atoms. The Morgan fingerprint density at radius 2 is 1.54 bits per heavy atom. The molecule has 14 heteroatoms. The fourth-order valence-electron chi connectivity index (χ4n) is 1.58. The lowest BCUT2D eigenvalue weighted by molar-refractivity contribution is -0.154. The molecular weight excluding hydrogens is 509 g/mol. The molecule has 0 bridgehead atoms. The van der Waals surface area contributed by atoms with Crippen molar-refractivity contribution in [1.29, 1.82) is 0 Å². The summed E-state index contributed by atoms with van der Waals surface area (Å²) in [4.78, 5) is 11.8.